The second kappa shape index (κ2) is 14.9. The van der Waals surface area contributed by atoms with Gasteiger partial charge in [0.15, 0.2) is 5.96 Å². The molecule has 0 spiro atoms. The summed E-state index contributed by atoms with van der Waals surface area (Å²) in [6, 6.07) is 6.95. The van der Waals surface area contributed by atoms with Gasteiger partial charge in [0, 0.05) is 43.8 Å². The van der Waals surface area contributed by atoms with Crippen molar-refractivity contribution in [3.8, 4) is 5.75 Å². The number of aliphatic imine (C=N–C) groups is 1. The van der Waals surface area contributed by atoms with Gasteiger partial charge in [0.25, 0.3) is 0 Å². The fourth-order valence-corrected chi connectivity index (χ4v) is 3.24. The summed E-state index contributed by atoms with van der Waals surface area (Å²) in [5.41, 5.74) is 2.32. The van der Waals surface area contributed by atoms with Crippen LogP contribution in [0.3, 0.4) is 0 Å². The summed E-state index contributed by atoms with van der Waals surface area (Å²) in [4.78, 5) is 7.16. The molecule has 1 aromatic rings. The summed E-state index contributed by atoms with van der Waals surface area (Å²) in [6.07, 6.45) is 2.24. The number of nitrogens with one attached hydrogen (secondary N) is 2. The van der Waals surface area contributed by atoms with Crippen LogP contribution in [0.5, 0.6) is 5.75 Å². The fourth-order valence-electron chi connectivity index (χ4n) is 3.24. The van der Waals surface area contributed by atoms with Crippen LogP contribution in [0.15, 0.2) is 23.2 Å². The van der Waals surface area contributed by atoms with Crippen LogP contribution in [0.2, 0.25) is 0 Å². The molecule has 2 atom stereocenters. The van der Waals surface area contributed by atoms with Gasteiger partial charge in [-0.25, -0.2) is 4.99 Å². The molecule has 0 amide bonds. The summed E-state index contributed by atoms with van der Waals surface area (Å²) in [7, 11) is 2.17. The van der Waals surface area contributed by atoms with E-state index in [1.54, 1.807) is 0 Å². The number of halogens is 1. The molecule has 1 saturated heterocycles. The van der Waals surface area contributed by atoms with E-state index in [-0.39, 0.29) is 24.0 Å². The van der Waals surface area contributed by atoms with Crippen molar-refractivity contribution in [1.29, 1.82) is 0 Å². The monoisotopic (exact) mass is 532 g/mol. The van der Waals surface area contributed by atoms with Crippen LogP contribution in [-0.2, 0) is 11.3 Å². The normalized spacial score (nSPS) is 17.5. The topological polar surface area (TPSA) is 58.1 Å². The lowest BCUT2D eigenvalue weighted by molar-refractivity contribution is 0.166. The molecule has 0 radical (unpaired) electrons. The van der Waals surface area contributed by atoms with Gasteiger partial charge < -0.3 is 25.0 Å². The van der Waals surface area contributed by atoms with E-state index in [1.807, 2.05) is 0 Å². The molecule has 1 aliphatic rings. The fraction of sp³-hybridized carbons (Fsp3) is 0.696. The Bertz CT molecular complexity index is 636. The van der Waals surface area contributed by atoms with Gasteiger partial charge in [-0.3, -0.25) is 0 Å². The van der Waals surface area contributed by atoms with Gasteiger partial charge in [0.2, 0.25) is 0 Å². The van der Waals surface area contributed by atoms with Crippen LogP contribution in [0, 0.1) is 12.8 Å². The molecule has 2 unspecified atom stereocenters. The van der Waals surface area contributed by atoms with Gasteiger partial charge in [-0.05, 0) is 52.3 Å². The maximum Gasteiger partial charge on any atom is 0.191 e. The summed E-state index contributed by atoms with van der Waals surface area (Å²) in [5.74, 6) is 2.28. The zero-order valence-electron chi connectivity index (χ0n) is 19.4. The van der Waals surface area contributed by atoms with Crippen LogP contribution < -0.4 is 15.4 Å². The highest BCUT2D eigenvalue weighted by atomic mass is 127. The van der Waals surface area contributed by atoms with Crippen LogP contribution in [-0.4, -0.2) is 63.4 Å². The van der Waals surface area contributed by atoms with Crippen LogP contribution >= 0.6 is 24.0 Å². The minimum atomic E-state index is 0. The predicted molar refractivity (Wildman–Crippen MR) is 136 cm³/mol. The zero-order chi connectivity index (χ0) is 21.1. The van der Waals surface area contributed by atoms with Gasteiger partial charge in [0.05, 0.1) is 19.8 Å². The smallest absolute Gasteiger partial charge is 0.191 e. The number of likely N-dealkylation sites (N-methyl/N-ethyl adjacent to an activating group) is 1. The molecule has 6 nitrogen and oxygen atoms in total. The Hall–Kier alpha value is -1.06. The average Bonchev–Trinajstić information content (AvgIpc) is 3.24. The minimum Gasteiger partial charge on any atom is -0.493 e. The third-order valence-corrected chi connectivity index (χ3v) is 5.57. The molecule has 0 aliphatic carbocycles. The van der Waals surface area contributed by atoms with E-state index in [1.165, 1.54) is 5.56 Å². The van der Waals surface area contributed by atoms with E-state index in [9.17, 15) is 0 Å². The number of aryl methyl sites for hydroxylation is 1. The maximum atomic E-state index is 6.15. The van der Waals surface area contributed by atoms with Crippen molar-refractivity contribution in [3.05, 3.63) is 29.3 Å². The maximum absolute atomic E-state index is 6.15. The second-order valence-electron chi connectivity index (χ2n) is 8.01. The van der Waals surface area contributed by atoms with E-state index in [2.05, 4.69) is 68.5 Å². The van der Waals surface area contributed by atoms with Gasteiger partial charge in [-0.1, -0.05) is 19.1 Å². The van der Waals surface area contributed by atoms with Gasteiger partial charge in [0.1, 0.15) is 5.75 Å². The van der Waals surface area contributed by atoms with Crippen LogP contribution in [0.1, 0.15) is 44.7 Å². The van der Waals surface area contributed by atoms with Crippen molar-refractivity contribution in [3.63, 3.8) is 0 Å². The van der Waals surface area contributed by atoms with Crippen molar-refractivity contribution >= 4 is 29.9 Å². The van der Waals surface area contributed by atoms with Crippen molar-refractivity contribution < 1.29 is 9.47 Å². The summed E-state index contributed by atoms with van der Waals surface area (Å²) in [6.45, 7) is 14.3. The molecule has 1 aliphatic heterocycles. The number of ether oxygens (including phenoxy) is 2. The van der Waals surface area contributed by atoms with E-state index >= 15 is 0 Å². The highest BCUT2D eigenvalue weighted by Gasteiger charge is 2.17. The van der Waals surface area contributed by atoms with Crippen molar-refractivity contribution in [2.45, 2.75) is 53.1 Å². The molecule has 1 aromatic carbocycles. The molecule has 1 heterocycles. The number of benzene rings is 1. The predicted octanol–water partition coefficient (Wildman–Crippen LogP) is 3.81. The second-order valence-corrected chi connectivity index (χ2v) is 8.01. The molecule has 2 rings (SSSR count). The SMILES string of the molecule is CCNC(=NCc1ccc(C)cc1OCC1CCOC1)NCCN(C)C(C)CC.I. The Balaban J connectivity index is 0.00000450. The number of nitrogens with zero attached hydrogens (tertiary/aromatic N) is 2. The van der Waals surface area contributed by atoms with Crippen LogP contribution in [0.4, 0.5) is 0 Å². The Morgan fingerprint density at radius 3 is 2.80 bits per heavy atom. The summed E-state index contributed by atoms with van der Waals surface area (Å²) in [5, 5.41) is 6.79. The first-order valence-corrected chi connectivity index (χ1v) is 11.1. The third kappa shape index (κ3) is 9.39. The van der Waals surface area contributed by atoms with Gasteiger partial charge in [-0.2, -0.15) is 0 Å². The molecule has 0 saturated carbocycles. The number of hydrogen-bond acceptors (Lipinski definition) is 4. The molecule has 172 valence electrons. The van der Waals surface area contributed by atoms with Crippen molar-refractivity contribution in [2.75, 3.05) is 46.5 Å². The molecule has 30 heavy (non-hydrogen) atoms. The quantitative estimate of drug-likeness (QED) is 0.258. The van der Waals surface area contributed by atoms with Crippen molar-refractivity contribution in [1.82, 2.24) is 15.5 Å². The highest BCUT2D eigenvalue weighted by Crippen LogP contribution is 2.23. The number of guanidine groups is 1. The Labute approximate surface area is 200 Å². The molecule has 1 fully saturated rings. The van der Waals surface area contributed by atoms with E-state index in [4.69, 9.17) is 14.5 Å². The summed E-state index contributed by atoms with van der Waals surface area (Å²) >= 11 is 0. The average molecular weight is 533 g/mol. The first kappa shape index (κ1) is 27.0. The Kier molecular flexibility index (Phi) is 13.4. The number of rotatable bonds is 11. The van der Waals surface area contributed by atoms with Gasteiger partial charge in [-0.15, -0.1) is 24.0 Å². The first-order chi connectivity index (χ1) is 14.0. The Morgan fingerprint density at radius 2 is 2.13 bits per heavy atom. The standard InChI is InChI=1S/C23H40N4O2.HI/c1-6-19(4)27(5)12-11-25-23(24-7-2)26-15-21-9-8-18(3)14-22(21)29-17-20-10-13-28-16-20;/h8-9,14,19-20H,6-7,10-13,15-17H2,1-5H3,(H2,24,25,26);1H. The Morgan fingerprint density at radius 1 is 1.33 bits per heavy atom. The molecule has 0 aromatic heterocycles. The molecular formula is C23H41IN4O2. The van der Waals surface area contributed by atoms with E-state index < -0.39 is 0 Å². The lowest BCUT2D eigenvalue weighted by atomic mass is 10.1. The molecule has 0 bridgehead atoms. The largest absolute Gasteiger partial charge is 0.493 e. The highest BCUT2D eigenvalue weighted by molar-refractivity contribution is 14.0. The first-order valence-electron chi connectivity index (χ1n) is 11.1. The third-order valence-electron chi connectivity index (χ3n) is 5.57. The van der Waals surface area contributed by atoms with Crippen LogP contribution in [0.25, 0.3) is 0 Å². The number of hydrogen-bond donors (Lipinski definition) is 2. The van der Waals surface area contributed by atoms with Gasteiger partial charge >= 0.3 is 0 Å². The molecular weight excluding hydrogens is 491 g/mol. The lowest BCUT2D eigenvalue weighted by Gasteiger charge is -2.24. The molecule has 7 heteroatoms. The lowest BCUT2D eigenvalue weighted by Crippen LogP contribution is -2.42. The van der Waals surface area contributed by atoms with E-state index in [0.29, 0.717) is 25.1 Å². The van der Waals surface area contributed by atoms with Crippen molar-refractivity contribution in [2.24, 2.45) is 10.9 Å². The summed E-state index contributed by atoms with van der Waals surface area (Å²) < 4.78 is 11.6. The zero-order valence-corrected chi connectivity index (χ0v) is 21.7. The van der Waals surface area contributed by atoms with E-state index in [0.717, 1.165) is 63.0 Å². The minimum absolute atomic E-state index is 0. The molecule has 2 N–H and O–H groups in total.